The highest BCUT2D eigenvalue weighted by molar-refractivity contribution is 7.19. The van der Waals surface area contributed by atoms with Crippen molar-refractivity contribution in [1.82, 2.24) is 9.88 Å². The van der Waals surface area contributed by atoms with Gasteiger partial charge >= 0.3 is 0 Å². The van der Waals surface area contributed by atoms with Crippen LogP contribution in [0, 0.1) is 16.2 Å². The monoisotopic (exact) mass is 477 g/mol. The van der Waals surface area contributed by atoms with Crippen LogP contribution in [0.1, 0.15) is 32.1 Å². The lowest BCUT2D eigenvalue weighted by molar-refractivity contribution is -0.384. The van der Waals surface area contributed by atoms with Gasteiger partial charge in [0, 0.05) is 48.2 Å². The van der Waals surface area contributed by atoms with Crippen LogP contribution in [-0.4, -0.2) is 47.0 Å². The molecular weight excluding hydrogens is 448 g/mol. The van der Waals surface area contributed by atoms with Crippen LogP contribution in [0.25, 0.3) is 10.4 Å². The molecule has 3 aromatic rings. The largest absolute Gasteiger partial charge is 0.382 e. The summed E-state index contributed by atoms with van der Waals surface area (Å²) in [7, 11) is 0. The van der Waals surface area contributed by atoms with Gasteiger partial charge in [-0.05, 0) is 75.2 Å². The smallest absolute Gasteiger partial charge is 0.270 e. The molecule has 2 saturated heterocycles. The van der Waals surface area contributed by atoms with Gasteiger partial charge in [0.15, 0.2) is 5.13 Å². The molecule has 8 nitrogen and oxygen atoms in total. The first-order valence-electron chi connectivity index (χ1n) is 11.9. The molecular formula is C25H29N6O2S. The lowest BCUT2D eigenvalue weighted by Gasteiger charge is -2.41. The number of rotatable bonds is 6. The van der Waals surface area contributed by atoms with E-state index >= 15 is 0 Å². The van der Waals surface area contributed by atoms with Crippen LogP contribution in [0.3, 0.4) is 0 Å². The van der Waals surface area contributed by atoms with Crippen LogP contribution in [0.4, 0.5) is 28.0 Å². The summed E-state index contributed by atoms with van der Waals surface area (Å²) in [5.41, 5.74) is 8.85. The van der Waals surface area contributed by atoms with Crippen molar-refractivity contribution < 1.29 is 4.92 Å². The summed E-state index contributed by atoms with van der Waals surface area (Å²) < 4.78 is 0. The number of benzene rings is 2. The van der Waals surface area contributed by atoms with Gasteiger partial charge in [0.05, 0.1) is 9.80 Å². The minimum Gasteiger partial charge on any atom is -0.382 e. The molecule has 2 aromatic carbocycles. The van der Waals surface area contributed by atoms with Gasteiger partial charge in [0.2, 0.25) is 0 Å². The second-order valence-electron chi connectivity index (χ2n) is 8.94. The minimum atomic E-state index is -0.425. The van der Waals surface area contributed by atoms with Gasteiger partial charge in [-0.25, -0.2) is 4.98 Å². The number of anilines is 4. The number of nitro groups is 1. The number of nitrogen functional groups attached to an aromatic ring is 1. The zero-order valence-electron chi connectivity index (χ0n) is 19.1. The molecule has 0 bridgehead atoms. The van der Waals surface area contributed by atoms with Crippen molar-refractivity contribution in [3.05, 3.63) is 58.6 Å². The molecule has 0 aliphatic carbocycles. The van der Waals surface area contributed by atoms with Crippen molar-refractivity contribution in [1.29, 1.82) is 0 Å². The number of hydrogen-bond donors (Lipinski definition) is 2. The molecule has 177 valence electrons. The topological polar surface area (TPSA) is 101 Å². The number of nitrogens with one attached hydrogen (secondary N) is 1. The quantitative estimate of drug-likeness (QED) is 0.367. The van der Waals surface area contributed by atoms with E-state index in [1.165, 1.54) is 80.4 Å². The van der Waals surface area contributed by atoms with Crippen LogP contribution in [-0.2, 0) is 0 Å². The maximum Gasteiger partial charge on any atom is 0.270 e. The second-order valence-corrected chi connectivity index (χ2v) is 9.94. The molecule has 2 fully saturated rings. The van der Waals surface area contributed by atoms with E-state index < -0.39 is 4.92 Å². The Labute approximate surface area is 203 Å². The van der Waals surface area contributed by atoms with Crippen molar-refractivity contribution in [2.24, 2.45) is 0 Å². The van der Waals surface area contributed by atoms with Gasteiger partial charge in [-0.2, -0.15) is 0 Å². The van der Waals surface area contributed by atoms with Gasteiger partial charge in [-0.15, -0.1) is 0 Å². The fourth-order valence-corrected chi connectivity index (χ4v) is 5.81. The zero-order valence-corrected chi connectivity index (χ0v) is 19.9. The standard InChI is InChI=1S/C25H29N6O2S/c26-24-23(18-5-4-6-22(17-18)31(32)33)34-25(28-24)27-19-7-9-20(10-8-19)30-15-11-21(12-16-30)29-13-2-1-3-14-29/h4,6-10,17,21H,1-3,11-16,26H2,(H,27,28). The highest BCUT2D eigenvalue weighted by atomic mass is 32.1. The Morgan fingerprint density at radius 2 is 1.82 bits per heavy atom. The Morgan fingerprint density at radius 3 is 2.53 bits per heavy atom. The Hall–Kier alpha value is -3.17. The first-order chi connectivity index (χ1) is 16.6. The maximum atomic E-state index is 11.1. The predicted octanol–water partition coefficient (Wildman–Crippen LogP) is 5.30. The SMILES string of the molecule is Nc1nc(Nc2ccc(N3CCC(N4CCCCC4)CC3)cc2)sc1-c1[c]ccc([N+](=O)[O-])c1. The summed E-state index contributed by atoms with van der Waals surface area (Å²) in [5, 5.41) is 15.0. The fraction of sp³-hybridized carbons (Fsp3) is 0.400. The van der Waals surface area contributed by atoms with Crippen molar-refractivity contribution in [2.45, 2.75) is 38.1 Å². The fourth-order valence-electron chi connectivity index (χ4n) is 4.93. The van der Waals surface area contributed by atoms with Gasteiger partial charge in [0.1, 0.15) is 5.82 Å². The molecule has 0 saturated carbocycles. The first kappa shape index (κ1) is 22.6. The molecule has 0 spiro atoms. The van der Waals surface area contributed by atoms with Crippen molar-refractivity contribution in [3.63, 3.8) is 0 Å². The van der Waals surface area contributed by atoms with Crippen molar-refractivity contribution in [3.8, 4) is 10.4 Å². The number of aromatic nitrogens is 1. The van der Waals surface area contributed by atoms with E-state index in [1.807, 2.05) is 0 Å². The average Bonchev–Trinajstić information content (AvgIpc) is 3.25. The second kappa shape index (κ2) is 9.99. The van der Waals surface area contributed by atoms with Crippen molar-refractivity contribution >= 4 is 39.3 Å². The molecule has 5 rings (SSSR count). The Morgan fingerprint density at radius 1 is 1.09 bits per heavy atom. The summed E-state index contributed by atoms with van der Waals surface area (Å²) in [6.45, 7) is 4.74. The number of hydrogen-bond acceptors (Lipinski definition) is 8. The number of non-ortho nitro benzene ring substituents is 1. The molecule has 3 heterocycles. The number of thiazole rings is 1. The number of piperidine rings is 2. The van der Waals surface area contributed by atoms with Gasteiger partial charge in [-0.3, -0.25) is 10.1 Å². The third-order valence-electron chi connectivity index (χ3n) is 6.75. The van der Waals surface area contributed by atoms with Gasteiger partial charge < -0.3 is 20.9 Å². The third-order valence-corrected chi connectivity index (χ3v) is 7.77. The number of nitro benzene ring substituents is 1. The number of nitrogens with two attached hydrogens (primary N) is 1. The normalized spacial score (nSPS) is 17.6. The lowest BCUT2D eigenvalue weighted by Crippen LogP contribution is -2.46. The Kier molecular flexibility index (Phi) is 6.64. The van der Waals surface area contributed by atoms with E-state index in [0.717, 1.165) is 24.8 Å². The molecule has 0 amide bonds. The molecule has 1 aromatic heterocycles. The molecule has 0 atom stereocenters. The van der Waals surface area contributed by atoms with E-state index in [1.54, 1.807) is 0 Å². The summed E-state index contributed by atoms with van der Waals surface area (Å²) in [4.78, 5) is 20.9. The number of likely N-dealkylation sites (tertiary alicyclic amines) is 1. The van der Waals surface area contributed by atoms with E-state index in [-0.39, 0.29) is 5.69 Å². The first-order valence-corrected chi connectivity index (χ1v) is 12.7. The summed E-state index contributed by atoms with van der Waals surface area (Å²) >= 11 is 1.36. The van der Waals surface area contributed by atoms with Gasteiger partial charge in [0.25, 0.3) is 5.69 Å². The highest BCUT2D eigenvalue weighted by Gasteiger charge is 2.25. The predicted molar refractivity (Wildman–Crippen MR) is 138 cm³/mol. The molecule has 2 aliphatic heterocycles. The third kappa shape index (κ3) is 5.00. The molecule has 34 heavy (non-hydrogen) atoms. The molecule has 1 radical (unpaired) electrons. The Bertz CT molecular complexity index is 1130. The maximum absolute atomic E-state index is 11.1. The lowest BCUT2D eigenvalue weighted by atomic mass is 9.99. The van der Waals surface area contributed by atoms with Gasteiger partial charge in [-0.1, -0.05) is 17.8 Å². The van der Waals surface area contributed by atoms with E-state index in [2.05, 4.69) is 50.4 Å². The minimum absolute atomic E-state index is 0.00612. The molecule has 9 heteroatoms. The summed E-state index contributed by atoms with van der Waals surface area (Å²) in [6, 6.07) is 16.6. The van der Waals surface area contributed by atoms with Crippen LogP contribution in [0.2, 0.25) is 0 Å². The van der Waals surface area contributed by atoms with Crippen LogP contribution in [0.5, 0.6) is 0 Å². The van der Waals surface area contributed by atoms with Crippen LogP contribution >= 0.6 is 11.3 Å². The summed E-state index contributed by atoms with van der Waals surface area (Å²) in [6.07, 6.45) is 6.55. The molecule has 2 aliphatic rings. The molecule has 3 N–H and O–H groups in total. The average molecular weight is 478 g/mol. The highest BCUT2D eigenvalue weighted by Crippen LogP contribution is 2.37. The van der Waals surface area contributed by atoms with Crippen LogP contribution < -0.4 is 16.0 Å². The van der Waals surface area contributed by atoms with E-state index in [9.17, 15) is 10.1 Å². The van der Waals surface area contributed by atoms with Crippen LogP contribution in [0.15, 0.2) is 42.5 Å². The Balaban J connectivity index is 1.21. The molecule has 0 unspecified atom stereocenters. The van der Waals surface area contributed by atoms with E-state index in [0.29, 0.717) is 21.4 Å². The van der Waals surface area contributed by atoms with E-state index in [4.69, 9.17) is 5.73 Å². The number of nitrogens with zero attached hydrogens (tertiary/aromatic N) is 4. The zero-order chi connectivity index (χ0) is 23.5. The summed E-state index contributed by atoms with van der Waals surface area (Å²) in [5.74, 6) is 0.331. The van der Waals surface area contributed by atoms with Crippen molar-refractivity contribution in [2.75, 3.05) is 42.1 Å².